The van der Waals surface area contributed by atoms with Gasteiger partial charge in [0.05, 0.1) is 39.9 Å². The van der Waals surface area contributed by atoms with Crippen LogP contribution in [0.4, 0.5) is 0 Å². The van der Waals surface area contributed by atoms with Crippen molar-refractivity contribution < 1.29 is 32.9 Å². The molecule has 0 spiro atoms. The molecule has 0 aromatic heterocycles. The van der Waals surface area contributed by atoms with Gasteiger partial charge in [-0.3, -0.25) is 9.36 Å². The Morgan fingerprint density at radius 1 is 0.462 bits per heavy atom. The number of carbonyl (C=O) groups excluding carboxylic acids is 1. The van der Waals surface area contributed by atoms with Crippen LogP contribution >= 0.6 is 7.82 Å². The quantitative estimate of drug-likeness (QED) is 0.0272. The Morgan fingerprint density at radius 2 is 0.782 bits per heavy atom. The van der Waals surface area contributed by atoms with Gasteiger partial charge in [0.25, 0.3) is 7.82 Å². The molecule has 0 aliphatic heterocycles. The molecular weight excluding hydrogens is 984 g/mol. The highest BCUT2D eigenvalue weighted by Gasteiger charge is 2.24. The lowest BCUT2D eigenvalue weighted by Gasteiger charge is -2.30. The summed E-state index contributed by atoms with van der Waals surface area (Å²) in [5.74, 6) is -0.161. The van der Waals surface area contributed by atoms with Gasteiger partial charge < -0.3 is 28.8 Å². The van der Waals surface area contributed by atoms with E-state index in [2.05, 4.69) is 92.1 Å². The molecule has 0 aromatic rings. The van der Waals surface area contributed by atoms with Gasteiger partial charge in [0.2, 0.25) is 5.91 Å². The molecule has 9 heteroatoms. The van der Waals surface area contributed by atoms with Crippen molar-refractivity contribution in [3.05, 3.63) is 72.9 Å². The number of unbranched alkanes of at least 4 members (excludes halogenated alkanes) is 36. The lowest BCUT2D eigenvalue weighted by atomic mass is 10.0. The molecule has 3 unspecified atom stereocenters. The second kappa shape index (κ2) is 59.6. The van der Waals surface area contributed by atoms with Crippen LogP contribution in [0.1, 0.15) is 309 Å². The van der Waals surface area contributed by atoms with Crippen molar-refractivity contribution in [2.45, 2.75) is 321 Å². The van der Waals surface area contributed by atoms with Crippen molar-refractivity contribution in [1.29, 1.82) is 0 Å². The first kappa shape index (κ1) is 75.9. The molecule has 456 valence electrons. The van der Waals surface area contributed by atoms with Gasteiger partial charge in [-0.05, 0) is 64.2 Å². The fourth-order valence-electron chi connectivity index (χ4n) is 9.81. The van der Waals surface area contributed by atoms with Gasteiger partial charge in [-0.2, -0.15) is 0 Å². The molecule has 0 rings (SSSR count). The number of hydrogen-bond acceptors (Lipinski definition) is 6. The van der Waals surface area contributed by atoms with Crippen molar-refractivity contribution in [2.75, 3.05) is 40.9 Å². The minimum Gasteiger partial charge on any atom is -0.756 e. The fourth-order valence-corrected chi connectivity index (χ4v) is 10.5. The van der Waals surface area contributed by atoms with Crippen LogP contribution in [0.25, 0.3) is 0 Å². The third-order valence-electron chi connectivity index (χ3n) is 15.0. The highest BCUT2D eigenvalue weighted by molar-refractivity contribution is 7.45. The normalized spacial score (nSPS) is 14.2. The van der Waals surface area contributed by atoms with Crippen molar-refractivity contribution in [3.8, 4) is 0 Å². The monoisotopic (exact) mass is 1110 g/mol. The van der Waals surface area contributed by atoms with Crippen molar-refractivity contribution in [3.63, 3.8) is 0 Å². The molecule has 0 aliphatic carbocycles. The third kappa shape index (κ3) is 61.6. The zero-order valence-electron chi connectivity index (χ0n) is 52.1. The van der Waals surface area contributed by atoms with E-state index < -0.39 is 20.0 Å². The molecule has 78 heavy (non-hydrogen) atoms. The molecular formula is C69H129N2O6P. The number of rotatable bonds is 61. The van der Waals surface area contributed by atoms with Crippen LogP contribution in [0.5, 0.6) is 0 Å². The van der Waals surface area contributed by atoms with E-state index in [9.17, 15) is 19.4 Å². The molecule has 0 saturated carbocycles. The molecule has 2 N–H and O–H groups in total. The van der Waals surface area contributed by atoms with Crippen molar-refractivity contribution >= 4 is 13.7 Å². The summed E-state index contributed by atoms with van der Waals surface area (Å²) < 4.78 is 23.4. The number of phosphoric acid groups is 1. The first-order valence-electron chi connectivity index (χ1n) is 33.3. The van der Waals surface area contributed by atoms with Gasteiger partial charge >= 0.3 is 0 Å². The number of hydrogen-bond donors (Lipinski definition) is 2. The van der Waals surface area contributed by atoms with Gasteiger partial charge in [-0.25, -0.2) is 0 Å². The van der Waals surface area contributed by atoms with E-state index in [4.69, 9.17) is 9.05 Å². The first-order chi connectivity index (χ1) is 38.0. The summed E-state index contributed by atoms with van der Waals surface area (Å²) in [5.41, 5.74) is 0. The van der Waals surface area contributed by atoms with Crippen LogP contribution in [0.3, 0.4) is 0 Å². The van der Waals surface area contributed by atoms with E-state index >= 15 is 0 Å². The molecule has 8 nitrogen and oxygen atoms in total. The number of nitrogens with one attached hydrogen (secondary N) is 1. The summed E-state index contributed by atoms with van der Waals surface area (Å²) in [5, 5.41) is 14.0. The van der Waals surface area contributed by atoms with Gasteiger partial charge in [0, 0.05) is 6.42 Å². The van der Waals surface area contributed by atoms with Crippen LogP contribution < -0.4 is 10.2 Å². The second-order valence-electron chi connectivity index (χ2n) is 23.8. The number of allylic oxidation sites excluding steroid dienone is 12. The van der Waals surface area contributed by atoms with Crippen molar-refractivity contribution in [2.24, 2.45) is 0 Å². The number of aliphatic hydroxyl groups is 1. The minimum absolute atomic E-state index is 0.0129. The van der Waals surface area contributed by atoms with Gasteiger partial charge in [0.15, 0.2) is 0 Å². The number of carbonyl (C=O) groups is 1. The Kier molecular flexibility index (Phi) is 58.0. The maximum absolute atomic E-state index is 13.0. The van der Waals surface area contributed by atoms with Gasteiger partial charge in [-0.15, -0.1) is 0 Å². The van der Waals surface area contributed by atoms with E-state index in [-0.39, 0.29) is 19.1 Å². The predicted octanol–water partition coefficient (Wildman–Crippen LogP) is 20.4. The van der Waals surface area contributed by atoms with E-state index in [0.29, 0.717) is 23.9 Å². The largest absolute Gasteiger partial charge is 0.756 e. The van der Waals surface area contributed by atoms with Gasteiger partial charge in [0.1, 0.15) is 13.2 Å². The Bertz CT molecular complexity index is 1500. The van der Waals surface area contributed by atoms with Crippen LogP contribution in [0.15, 0.2) is 72.9 Å². The second-order valence-corrected chi connectivity index (χ2v) is 25.2. The number of nitrogens with zero attached hydrogens (tertiary/aromatic N) is 1. The van der Waals surface area contributed by atoms with E-state index in [1.54, 1.807) is 0 Å². The lowest BCUT2D eigenvalue weighted by molar-refractivity contribution is -0.870. The smallest absolute Gasteiger partial charge is 0.268 e. The summed E-state index contributed by atoms with van der Waals surface area (Å²) in [6.07, 6.45) is 82.6. The molecule has 0 aromatic carbocycles. The first-order valence-corrected chi connectivity index (χ1v) is 34.7. The zero-order chi connectivity index (χ0) is 57.0. The molecule has 0 saturated heterocycles. The molecule has 3 atom stereocenters. The molecule has 0 fully saturated rings. The van der Waals surface area contributed by atoms with Gasteiger partial charge in [-0.1, -0.05) is 311 Å². The summed E-state index contributed by atoms with van der Waals surface area (Å²) in [4.78, 5) is 25.6. The third-order valence-corrected chi connectivity index (χ3v) is 15.9. The van der Waals surface area contributed by atoms with E-state index in [1.165, 1.54) is 205 Å². The molecule has 0 aliphatic rings. The average Bonchev–Trinajstić information content (AvgIpc) is 3.41. The minimum atomic E-state index is -4.57. The summed E-state index contributed by atoms with van der Waals surface area (Å²) >= 11 is 0. The Balaban J connectivity index is 3.89. The maximum Gasteiger partial charge on any atom is 0.268 e. The topological polar surface area (TPSA) is 108 Å². The molecule has 0 radical (unpaired) electrons. The molecule has 0 bridgehead atoms. The number of amides is 1. The highest BCUT2D eigenvalue weighted by Crippen LogP contribution is 2.38. The SMILES string of the molecule is CC/C=C\C/C=C\C/C=C\C/C=C\C/C=C\C/C=C\CCCCCCCCCCCCCCCCCCCCCCCCC(=O)NC(COP(=O)([O-])OCC[N+](C)(C)C)C(O)CCCCCCCCCCCCCCCCC. The Hall–Kier alpha value is -2.06. The maximum atomic E-state index is 13.0. The number of phosphoric ester groups is 1. The lowest BCUT2D eigenvalue weighted by Crippen LogP contribution is -2.46. The average molecular weight is 1110 g/mol. The van der Waals surface area contributed by atoms with Crippen LogP contribution in [0, 0.1) is 0 Å². The highest BCUT2D eigenvalue weighted by atomic mass is 31.2. The Labute approximate surface area is 484 Å². The fraction of sp³-hybridized carbons (Fsp3) is 0.812. The van der Waals surface area contributed by atoms with Crippen LogP contribution in [-0.2, 0) is 18.4 Å². The Morgan fingerprint density at radius 3 is 1.14 bits per heavy atom. The summed E-state index contributed by atoms with van der Waals surface area (Å²) in [6, 6.07) is -0.800. The zero-order valence-corrected chi connectivity index (χ0v) is 53.0. The van der Waals surface area contributed by atoms with E-state index in [0.717, 1.165) is 77.0 Å². The standard InChI is InChI=1S/C69H129N2O6P/c1-6-8-10-12-14-16-18-20-22-23-24-25-26-27-28-29-30-31-32-33-34-35-36-37-38-39-40-41-42-43-44-45-46-47-49-51-53-55-57-59-61-63-69(73)70-67(66-77-78(74,75)76-65-64-71(3,4)5)68(72)62-60-58-56-54-52-50-48-21-19-17-15-13-11-9-7-2/h8,10,14,16,20,22,24-25,27-28,30-31,67-68,72H,6-7,9,11-13,15,17-19,21,23,26,29,32-66H2,1-5H3,(H-,70,73,74,75)/b10-8-,16-14-,22-20-,25-24-,28-27-,31-30-. The number of quaternary nitrogens is 1. The molecule has 1 amide bonds. The van der Waals surface area contributed by atoms with Crippen molar-refractivity contribution in [1.82, 2.24) is 5.32 Å². The van der Waals surface area contributed by atoms with Crippen LogP contribution in [0.2, 0.25) is 0 Å². The number of likely N-dealkylation sites (N-methyl/N-ethyl adjacent to an activating group) is 1. The van der Waals surface area contributed by atoms with Crippen LogP contribution in [-0.4, -0.2) is 68.5 Å². The molecule has 0 heterocycles. The predicted molar refractivity (Wildman–Crippen MR) is 339 cm³/mol. The van der Waals surface area contributed by atoms with E-state index in [1.807, 2.05) is 21.1 Å². The summed E-state index contributed by atoms with van der Waals surface area (Å²) in [7, 11) is 1.31. The summed E-state index contributed by atoms with van der Waals surface area (Å²) in [6.45, 7) is 4.63. The number of aliphatic hydroxyl groups excluding tert-OH is 1.